The van der Waals surface area contributed by atoms with Crippen LogP contribution >= 0.6 is 0 Å². The first-order valence-corrected chi connectivity index (χ1v) is 19.6. The molecule has 0 aliphatic rings. The molecule has 0 saturated carbocycles. The summed E-state index contributed by atoms with van der Waals surface area (Å²) in [5, 5.41) is 0. The highest BCUT2D eigenvalue weighted by atomic mass is 16.7. The highest BCUT2D eigenvalue weighted by molar-refractivity contribution is 4.74. The molecular formula is C39H80O4. The number of ether oxygens (including phenoxy) is 4. The van der Waals surface area contributed by atoms with E-state index in [-0.39, 0.29) is 12.6 Å². The molecule has 0 aliphatic carbocycles. The van der Waals surface area contributed by atoms with Crippen LogP contribution in [-0.4, -0.2) is 39.0 Å². The molecule has 0 heterocycles. The van der Waals surface area contributed by atoms with Gasteiger partial charge >= 0.3 is 0 Å². The molecule has 4 nitrogen and oxygen atoms in total. The number of hydrogen-bond donors (Lipinski definition) is 0. The van der Waals surface area contributed by atoms with Crippen molar-refractivity contribution in [2.75, 3.05) is 26.4 Å². The fourth-order valence-electron chi connectivity index (χ4n) is 5.86. The van der Waals surface area contributed by atoms with Crippen molar-refractivity contribution < 1.29 is 18.9 Å². The van der Waals surface area contributed by atoms with Gasteiger partial charge in [-0.1, -0.05) is 157 Å². The minimum Gasteiger partial charge on any atom is -0.352 e. The van der Waals surface area contributed by atoms with Crippen LogP contribution in [0, 0.1) is 11.8 Å². The molecule has 43 heavy (non-hydrogen) atoms. The highest BCUT2D eigenvalue weighted by Gasteiger charge is 2.31. The Morgan fingerprint density at radius 1 is 0.302 bits per heavy atom. The Labute approximate surface area is 271 Å². The van der Waals surface area contributed by atoms with Crippen LogP contribution < -0.4 is 0 Å². The zero-order valence-electron chi connectivity index (χ0n) is 30.4. The van der Waals surface area contributed by atoms with Crippen molar-refractivity contribution in [3.63, 3.8) is 0 Å². The van der Waals surface area contributed by atoms with Crippen molar-refractivity contribution in [3.05, 3.63) is 0 Å². The minimum absolute atomic E-state index is 0.110. The first-order chi connectivity index (χ1) is 21.2. The molecule has 0 aromatic heterocycles. The van der Waals surface area contributed by atoms with E-state index in [1.165, 1.54) is 103 Å². The summed E-state index contributed by atoms with van der Waals surface area (Å²) in [6, 6.07) is 0. The van der Waals surface area contributed by atoms with Crippen molar-refractivity contribution in [1.29, 1.82) is 0 Å². The molecule has 0 bridgehead atoms. The Kier molecular flexibility index (Phi) is 34.6. The normalized spacial score (nSPS) is 13.4. The summed E-state index contributed by atoms with van der Waals surface area (Å²) in [6.07, 6.45) is 31.0. The van der Waals surface area contributed by atoms with Crippen LogP contribution in [0.15, 0.2) is 0 Å². The predicted octanol–water partition coefficient (Wildman–Crippen LogP) is 12.8. The molecule has 0 N–H and O–H groups in total. The number of unbranched alkanes of at least 4 members (excludes halogenated alkanes) is 16. The van der Waals surface area contributed by atoms with E-state index in [9.17, 15) is 0 Å². The van der Waals surface area contributed by atoms with Crippen molar-refractivity contribution in [2.45, 2.75) is 215 Å². The van der Waals surface area contributed by atoms with Crippen LogP contribution in [0.1, 0.15) is 202 Å². The van der Waals surface area contributed by atoms with E-state index in [1.54, 1.807) is 0 Å². The molecular weight excluding hydrogens is 532 g/mol. The fourth-order valence-corrected chi connectivity index (χ4v) is 5.86. The van der Waals surface area contributed by atoms with E-state index in [0.29, 0.717) is 11.8 Å². The molecule has 0 amide bonds. The maximum absolute atomic E-state index is 6.56. The van der Waals surface area contributed by atoms with Crippen LogP contribution in [-0.2, 0) is 18.9 Å². The Bertz CT molecular complexity index is 449. The van der Waals surface area contributed by atoms with E-state index in [0.717, 1.165) is 84.2 Å². The van der Waals surface area contributed by atoms with Crippen molar-refractivity contribution >= 4 is 0 Å². The van der Waals surface area contributed by atoms with Crippen molar-refractivity contribution in [2.24, 2.45) is 11.8 Å². The monoisotopic (exact) mass is 613 g/mol. The lowest BCUT2D eigenvalue weighted by atomic mass is 9.85. The average molecular weight is 613 g/mol. The van der Waals surface area contributed by atoms with Gasteiger partial charge in [0, 0.05) is 38.3 Å². The molecule has 0 radical (unpaired) electrons. The van der Waals surface area contributed by atoms with Gasteiger partial charge in [0.15, 0.2) is 12.6 Å². The maximum atomic E-state index is 6.56. The molecule has 4 heteroatoms. The van der Waals surface area contributed by atoms with Crippen molar-refractivity contribution in [3.8, 4) is 0 Å². The summed E-state index contributed by atoms with van der Waals surface area (Å²) in [6.45, 7) is 16.8. The average Bonchev–Trinajstić information content (AvgIpc) is 3.01. The van der Waals surface area contributed by atoms with Crippen LogP contribution in [0.3, 0.4) is 0 Å². The standard InChI is InChI=1S/C39H80O4/c1-7-13-19-21-23-25-27-29-36(38(40-31-15-9-3)41-32-16-10-4)35-37(30-28-26-24-22-20-14-8-2)39(42-33-17-11-5)43-34-18-12-6/h36-39H,7-35H2,1-6H3. The topological polar surface area (TPSA) is 36.9 Å². The summed E-state index contributed by atoms with van der Waals surface area (Å²) in [7, 11) is 0. The summed E-state index contributed by atoms with van der Waals surface area (Å²) >= 11 is 0. The molecule has 260 valence electrons. The molecule has 0 rings (SSSR count). The highest BCUT2D eigenvalue weighted by Crippen LogP contribution is 2.32. The molecule has 0 aliphatic heterocycles. The van der Waals surface area contributed by atoms with E-state index < -0.39 is 0 Å². The SMILES string of the molecule is CCCCCCCCCC(CC(CCCCCCCCC)C(OCCCC)OCCCC)C(OCCCC)OCCCC. The van der Waals surface area contributed by atoms with Gasteiger partial charge in [-0.2, -0.15) is 0 Å². The molecule has 2 atom stereocenters. The lowest BCUT2D eigenvalue weighted by Gasteiger charge is -2.34. The first-order valence-electron chi connectivity index (χ1n) is 19.6. The van der Waals surface area contributed by atoms with Crippen LogP contribution in [0.25, 0.3) is 0 Å². The summed E-state index contributed by atoms with van der Waals surface area (Å²) < 4.78 is 26.2. The molecule has 2 unspecified atom stereocenters. The quantitative estimate of drug-likeness (QED) is 0.0521. The van der Waals surface area contributed by atoms with Crippen LogP contribution in [0.2, 0.25) is 0 Å². The smallest absolute Gasteiger partial charge is 0.160 e. The molecule has 0 aromatic rings. The third kappa shape index (κ3) is 26.7. The van der Waals surface area contributed by atoms with Gasteiger partial charge in [-0.05, 0) is 44.9 Å². The van der Waals surface area contributed by atoms with Gasteiger partial charge in [-0.15, -0.1) is 0 Å². The molecule has 0 saturated heterocycles. The molecule has 0 aromatic carbocycles. The third-order valence-corrected chi connectivity index (χ3v) is 8.85. The lowest BCUT2D eigenvalue weighted by Crippen LogP contribution is -2.35. The van der Waals surface area contributed by atoms with Gasteiger partial charge in [0.25, 0.3) is 0 Å². The summed E-state index contributed by atoms with van der Waals surface area (Å²) in [4.78, 5) is 0. The van der Waals surface area contributed by atoms with E-state index in [2.05, 4.69) is 41.5 Å². The van der Waals surface area contributed by atoms with Crippen LogP contribution in [0.4, 0.5) is 0 Å². The second-order valence-corrected chi connectivity index (χ2v) is 13.2. The van der Waals surface area contributed by atoms with Crippen molar-refractivity contribution in [1.82, 2.24) is 0 Å². The van der Waals surface area contributed by atoms with E-state index in [1.807, 2.05) is 0 Å². The van der Waals surface area contributed by atoms with Gasteiger partial charge in [0.2, 0.25) is 0 Å². The van der Waals surface area contributed by atoms with Crippen LogP contribution in [0.5, 0.6) is 0 Å². The second-order valence-electron chi connectivity index (χ2n) is 13.2. The lowest BCUT2D eigenvalue weighted by molar-refractivity contribution is -0.201. The zero-order valence-corrected chi connectivity index (χ0v) is 30.4. The minimum atomic E-state index is -0.110. The van der Waals surface area contributed by atoms with E-state index in [4.69, 9.17) is 18.9 Å². The van der Waals surface area contributed by atoms with E-state index >= 15 is 0 Å². The summed E-state index contributed by atoms with van der Waals surface area (Å²) in [5.41, 5.74) is 0. The largest absolute Gasteiger partial charge is 0.352 e. The Balaban J connectivity index is 5.73. The Morgan fingerprint density at radius 2 is 0.558 bits per heavy atom. The number of hydrogen-bond acceptors (Lipinski definition) is 4. The molecule has 0 spiro atoms. The van der Waals surface area contributed by atoms with Gasteiger partial charge in [0.05, 0.1) is 0 Å². The predicted molar refractivity (Wildman–Crippen MR) is 188 cm³/mol. The first kappa shape index (κ1) is 42.8. The van der Waals surface area contributed by atoms with Gasteiger partial charge < -0.3 is 18.9 Å². The number of rotatable bonds is 36. The van der Waals surface area contributed by atoms with Gasteiger partial charge in [-0.3, -0.25) is 0 Å². The third-order valence-electron chi connectivity index (χ3n) is 8.85. The summed E-state index contributed by atoms with van der Waals surface area (Å²) in [5.74, 6) is 0.789. The zero-order chi connectivity index (χ0) is 31.6. The fraction of sp³-hybridized carbons (Fsp3) is 1.00. The van der Waals surface area contributed by atoms with Gasteiger partial charge in [0.1, 0.15) is 0 Å². The van der Waals surface area contributed by atoms with Gasteiger partial charge in [-0.25, -0.2) is 0 Å². The Hall–Kier alpha value is -0.160. The Morgan fingerprint density at radius 3 is 0.837 bits per heavy atom. The molecule has 0 fully saturated rings. The maximum Gasteiger partial charge on any atom is 0.160 e. The second kappa shape index (κ2) is 34.7.